The number of nitrogens with zero attached hydrogens (tertiary/aromatic N) is 1. The summed E-state index contributed by atoms with van der Waals surface area (Å²) in [5, 5.41) is 2.73. The molecule has 1 aromatic heterocycles. The van der Waals surface area contributed by atoms with Gasteiger partial charge in [0.1, 0.15) is 0 Å². The number of carbonyl (C=O) groups is 1. The number of hydrogen-bond acceptors (Lipinski definition) is 3. The van der Waals surface area contributed by atoms with E-state index in [4.69, 9.17) is 0 Å². The molecule has 0 bridgehead atoms. The van der Waals surface area contributed by atoms with Gasteiger partial charge in [-0.3, -0.25) is 14.6 Å². The standard InChI is InChI=1S/C13H12BrN3O3/c14-9-2-1-3-10(8-9)15-11(18)4-6-17-7-5-12(19)16-13(17)20/h1-3,5,7-8H,4,6H2,(H,15,18)(H,16,19,20). The monoisotopic (exact) mass is 337 g/mol. The summed E-state index contributed by atoms with van der Waals surface area (Å²) in [5.41, 5.74) is -0.296. The Labute approximate surface area is 122 Å². The first-order chi connectivity index (χ1) is 9.54. The number of H-pyrrole nitrogens is 1. The molecule has 0 radical (unpaired) electrons. The number of hydrogen-bond donors (Lipinski definition) is 2. The quantitative estimate of drug-likeness (QED) is 0.882. The molecule has 0 unspecified atom stereocenters. The fraction of sp³-hybridized carbons (Fsp3) is 0.154. The van der Waals surface area contributed by atoms with Crippen LogP contribution in [0.4, 0.5) is 5.69 Å². The van der Waals surface area contributed by atoms with E-state index in [2.05, 4.69) is 26.2 Å². The fourth-order valence-electron chi connectivity index (χ4n) is 1.63. The zero-order chi connectivity index (χ0) is 14.5. The third kappa shape index (κ3) is 3.92. The van der Waals surface area contributed by atoms with Gasteiger partial charge in [-0.05, 0) is 18.2 Å². The van der Waals surface area contributed by atoms with Gasteiger partial charge < -0.3 is 9.88 Å². The average molecular weight is 338 g/mol. The molecule has 2 rings (SSSR count). The first-order valence-corrected chi connectivity index (χ1v) is 6.69. The Bertz CT molecular complexity index is 736. The van der Waals surface area contributed by atoms with Crippen molar-refractivity contribution in [1.82, 2.24) is 9.55 Å². The Morgan fingerprint density at radius 2 is 2.10 bits per heavy atom. The number of nitrogens with one attached hydrogen (secondary N) is 2. The maximum absolute atomic E-state index is 11.8. The van der Waals surface area contributed by atoms with Crippen LogP contribution in [0.5, 0.6) is 0 Å². The van der Waals surface area contributed by atoms with Gasteiger partial charge in [-0.15, -0.1) is 0 Å². The molecule has 0 aliphatic carbocycles. The molecule has 2 aromatic rings. The molecule has 1 aromatic carbocycles. The molecule has 0 atom stereocenters. The van der Waals surface area contributed by atoms with E-state index in [1.54, 1.807) is 12.1 Å². The molecular formula is C13H12BrN3O3. The maximum atomic E-state index is 11.8. The smallest absolute Gasteiger partial charge is 0.326 e. The lowest BCUT2D eigenvalue weighted by Crippen LogP contribution is -2.29. The highest BCUT2D eigenvalue weighted by molar-refractivity contribution is 9.10. The van der Waals surface area contributed by atoms with Gasteiger partial charge in [0.25, 0.3) is 5.56 Å². The molecule has 0 spiro atoms. The van der Waals surface area contributed by atoms with Crippen molar-refractivity contribution in [1.29, 1.82) is 0 Å². The number of carbonyl (C=O) groups excluding carboxylic acids is 1. The topological polar surface area (TPSA) is 84.0 Å². The molecule has 1 heterocycles. The molecule has 7 heteroatoms. The predicted octanol–water partition coefficient (Wildman–Crippen LogP) is 1.33. The van der Waals surface area contributed by atoms with Crippen LogP contribution >= 0.6 is 15.9 Å². The lowest BCUT2D eigenvalue weighted by atomic mass is 10.3. The first kappa shape index (κ1) is 14.3. The summed E-state index contributed by atoms with van der Waals surface area (Å²) in [6.07, 6.45) is 1.51. The minimum Gasteiger partial charge on any atom is -0.326 e. The number of aromatic amines is 1. The van der Waals surface area contributed by atoms with Crippen LogP contribution in [0, 0.1) is 0 Å². The number of anilines is 1. The van der Waals surface area contributed by atoms with Crippen LogP contribution in [-0.4, -0.2) is 15.5 Å². The number of benzene rings is 1. The summed E-state index contributed by atoms with van der Waals surface area (Å²) in [6.45, 7) is 0.204. The summed E-state index contributed by atoms with van der Waals surface area (Å²) in [6, 6.07) is 8.47. The van der Waals surface area contributed by atoms with Crippen LogP contribution < -0.4 is 16.6 Å². The zero-order valence-corrected chi connectivity index (χ0v) is 12.0. The van der Waals surface area contributed by atoms with Crippen molar-refractivity contribution in [3.05, 3.63) is 61.8 Å². The second-order valence-corrected chi connectivity index (χ2v) is 5.03. The lowest BCUT2D eigenvalue weighted by molar-refractivity contribution is -0.116. The van der Waals surface area contributed by atoms with Crippen molar-refractivity contribution in [3.8, 4) is 0 Å². The number of aromatic nitrogens is 2. The largest absolute Gasteiger partial charge is 0.328 e. The molecule has 0 aliphatic heterocycles. The Kier molecular flexibility index (Phi) is 4.52. The van der Waals surface area contributed by atoms with Crippen molar-refractivity contribution >= 4 is 27.5 Å². The number of amides is 1. The van der Waals surface area contributed by atoms with Crippen molar-refractivity contribution in [3.63, 3.8) is 0 Å². The van der Waals surface area contributed by atoms with Crippen molar-refractivity contribution in [2.45, 2.75) is 13.0 Å². The Balaban J connectivity index is 1.95. The minimum atomic E-state index is -0.521. The molecule has 20 heavy (non-hydrogen) atoms. The summed E-state index contributed by atoms with van der Waals surface area (Å²) in [5.74, 6) is -0.207. The molecule has 2 N–H and O–H groups in total. The van der Waals surface area contributed by atoms with Crippen molar-refractivity contribution < 1.29 is 4.79 Å². The summed E-state index contributed by atoms with van der Waals surface area (Å²) < 4.78 is 2.15. The summed E-state index contributed by atoms with van der Waals surface area (Å²) in [7, 11) is 0. The zero-order valence-electron chi connectivity index (χ0n) is 10.4. The normalized spacial score (nSPS) is 10.2. The SMILES string of the molecule is O=C(CCn1ccc(=O)[nH]c1=O)Nc1cccc(Br)c1. The highest BCUT2D eigenvalue weighted by Gasteiger charge is 2.04. The van der Waals surface area contributed by atoms with E-state index in [0.717, 1.165) is 4.47 Å². The van der Waals surface area contributed by atoms with E-state index in [0.29, 0.717) is 5.69 Å². The van der Waals surface area contributed by atoms with Crippen LogP contribution in [0.3, 0.4) is 0 Å². The van der Waals surface area contributed by atoms with Gasteiger partial charge in [0.15, 0.2) is 0 Å². The van der Waals surface area contributed by atoms with E-state index in [9.17, 15) is 14.4 Å². The maximum Gasteiger partial charge on any atom is 0.328 e. The number of halogens is 1. The molecule has 1 amide bonds. The van der Waals surface area contributed by atoms with Gasteiger partial charge in [0, 0.05) is 35.4 Å². The summed E-state index contributed by atoms with van der Waals surface area (Å²) >= 11 is 3.31. The van der Waals surface area contributed by atoms with Crippen LogP contribution in [0.1, 0.15) is 6.42 Å². The molecule has 0 fully saturated rings. The molecule has 0 saturated heterocycles. The van der Waals surface area contributed by atoms with Gasteiger partial charge >= 0.3 is 5.69 Å². The average Bonchev–Trinajstić information content (AvgIpc) is 2.37. The van der Waals surface area contributed by atoms with Crippen molar-refractivity contribution in [2.75, 3.05) is 5.32 Å². The highest BCUT2D eigenvalue weighted by atomic mass is 79.9. The molecular weight excluding hydrogens is 326 g/mol. The van der Waals surface area contributed by atoms with E-state index in [-0.39, 0.29) is 18.9 Å². The van der Waals surface area contributed by atoms with Crippen LogP contribution in [0.25, 0.3) is 0 Å². The minimum absolute atomic E-state index is 0.137. The van der Waals surface area contributed by atoms with Gasteiger partial charge in [0.2, 0.25) is 5.91 Å². The number of aryl methyl sites for hydroxylation is 1. The Hall–Kier alpha value is -2.15. The van der Waals surface area contributed by atoms with Crippen LogP contribution in [0.15, 0.2) is 50.6 Å². The van der Waals surface area contributed by atoms with Gasteiger partial charge in [-0.2, -0.15) is 0 Å². The van der Waals surface area contributed by atoms with Crippen LogP contribution in [0.2, 0.25) is 0 Å². The highest BCUT2D eigenvalue weighted by Crippen LogP contribution is 2.15. The van der Waals surface area contributed by atoms with E-state index in [1.807, 2.05) is 12.1 Å². The predicted molar refractivity (Wildman–Crippen MR) is 78.7 cm³/mol. The first-order valence-electron chi connectivity index (χ1n) is 5.90. The molecule has 6 nitrogen and oxygen atoms in total. The second kappa shape index (κ2) is 6.33. The van der Waals surface area contributed by atoms with E-state index >= 15 is 0 Å². The lowest BCUT2D eigenvalue weighted by Gasteiger charge is -2.06. The van der Waals surface area contributed by atoms with Crippen LogP contribution in [-0.2, 0) is 11.3 Å². The van der Waals surface area contributed by atoms with Gasteiger partial charge in [0.05, 0.1) is 0 Å². The summed E-state index contributed by atoms with van der Waals surface area (Å²) in [4.78, 5) is 36.2. The molecule has 104 valence electrons. The fourth-order valence-corrected chi connectivity index (χ4v) is 2.03. The molecule has 0 aliphatic rings. The third-order valence-electron chi connectivity index (χ3n) is 2.58. The molecule has 0 saturated carbocycles. The Morgan fingerprint density at radius 3 is 2.80 bits per heavy atom. The number of rotatable bonds is 4. The van der Waals surface area contributed by atoms with E-state index < -0.39 is 11.2 Å². The van der Waals surface area contributed by atoms with E-state index in [1.165, 1.54) is 16.8 Å². The van der Waals surface area contributed by atoms with Gasteiger partial charge in [-0.1, -0.05) is 22.0 Å². The van der Waals surface area contributed by atoms with Gasteiger partial charge in [-0.25, -0.2) is 4.79 Å². The second-order valence-electron chi connectivity index (χ2n) is 4.11. The Morgan fingerprint density at radius 1 is 1.30 bits per heavy atom. The van der Waals surface area contributed by atoms with Crippen molar-refractivity contribution in [2.24, 2.45) is 0 Å². The third-order valence-corrected chi connectivity index (χ3v) is 3.08.